The molecular weight excluding hydrogens is 862 g/mol. The van der Waals surface area contributed by atoms with Gasteiger partial charge in [-0.2, -0.15) is 0 Å². The molecule has 64 heavy (non-hydrogen) atoms. The zero-order chi connectivity index (χ0) is 52.5. The standard InChI is InChI=1S/C6H14N2O2.2C6H13NO2.C5H12N2O2.C5H9NO4.C4H7NO4.C4H9NO3/c7-4-2-1-3-5(8)6(9)10;1-4(2)3-5(7)6(8)9;1-3-4(2)5(7)6(8)9;6-3-1-2-4(7)5(8)9;6-3(5(9)10)1-2-4(7)8;5-2(4(8)9)1-3(6)7;1-2(6)3(5)4(7)8/h5H,1-4,7-8H2,(H,9,10);2*4-5H,3,7H2,1-2H3,(H,8,9);4H,1-3,6-7H2,(H,8,9);3H,1-2,6H2,(H,7,8)(H,9,10);2H,1,5H2,(H,6,7)(H,8,9);2-3,6H,5H2,1H3,(H,7,8)/t2*5-;;;3-;2-;2-,3+/m00..001/s1. The van der Waals surface area contributed by atoms with Gasteiger partial charge in [0.15, 0.2) is 0 Å². The molecule has 0 bridgehead atoms. The van der Waals surface area contributed by atoms with Crippen LogP contribution in [0.4, 0.5) is 0 Å². The fraction of sp³-hybridized carbons (Fsp3) is 0.750. The third kappa shape index (κ3) is 58.9. The molecule has 0 aromatic rings. The SMILES string of the molecule is CC(C)C[C@H](N)C(=O)O.CCC(C)C(N)C(=O)O.C[C@@H](O)[C@H](N)C(=O)O.NCCCC(N)C(=O)O.NCCCC[C@H](N)C(=O)O.N[C@@H](CC(=O)O)C(=O)O.N[C@@H](CCC(=O)O)C(=O)O. The molecule has 0 fully saturated rings. The van der Waals surface area contributed by atoms with Crippen LogP contribution in [-0.2, 0) is 43.2 Å². The molecule has 28 N–H and O–H groups in total. The summed E-state index contributed by atoms with van der Waals surface area (Å²) in [6.07, 6.45) is 2.93. The molecule has 0 aliphatic carbocycles. The van der Waals surface area contributed by atoms with Gasteiger partial charge in [-0.15, -0.1) is 0 Å². The number of unbranched alkanes of at least 4 members (excludes halogenated alkanes) is 1. The zero-order valence-corrected chi connectivity index (χ0v) is 37.1. The van der Waals surface area contributed by atoms with E-state index in [1.165, 1.54) is 6.92 Å². The highest BCUT2D eigenvalue weighted by molar-refractivity contribution is 5.80. The summed E-state index contributed by atoms with van der Waals surface area (Å²) < 4.78 is 0. The molecule has 0 heterocycles. The van der Waals surface area contributed by atoms with Crippen molar-refractivity contribution in [2.75, 3.05) is 13.1 Å². The van der Waals surface area contributed by atoms with Crippen LogP contribution >= 0.6 is 0 Å². The highest BCUT2D eigenvalue weighted by Gasteiger charge is 2.18. The number of hydrogen-bond acceptors (Lipinski definition) is 19. The molecule has 3 unspecified atom stereocenters. The van der Waals surface area contributed by atoms with Gasteiger partial charge in [-0.1, -0.05) is 40.5 Å². The lowest BCUT2D eigenvalue weighted by molar-refractivity contribution is -0.144. The molecule has 0 radical (unpaired) electrons. The predicted molar refractivity (Wildman–Crippen MR) is 230 cm³/mol. The van der Waals surface area contributed by atoms with Crippen molar-refractivity contribution in [1.29, 1.82) is 0 Å². The summed E-state index contributed by atoms with van der Waals surface area (Å²) in [5.74, 6) is -9.16. The Hall–Kier alpha value is -5.17. The minimum absolute atomic E-state index is 0.0231. The number of aliphatic hydroxyl groups excluding tert-OH is 1. The Bertz CT molecular complexity index is 1310. The van der Waals surface area contributed by atoms with Gasteiger partial charge in [-0.3, -0.25) is 43.2 Å². The highest BCUT2D eigenvalue weighted by atomic mass is 16.4. The summed E-state index contributed by atoms with van der Waals surface area (Å²) in [6.45, 7) is 10.1. The van der Waals surface area contributed by atoms with E-state index < -0.39 is 109 Å². The van der Waals surface area contributed by atoms with Crippen LogP contribution in [0, 0.1) is 11.8 Å². The lowest BCUT2D eigenvalue weighted by Crippen LogP contribution is -2.39. The van der Waals surface area contributed by atoms with Crippen molar-refractivity contribution in [2.45, 2.75) is 147 Å². The number of carboxylic acids is 9. The first-order valence-electron chi connectivity index (χ1n) is 19.5. The molecule has 9 atom stereocenters. The molecular formula is C36H77N9O19. The summed E-state index contributed by atoms with van der Waals surface area (Å²) >= 11 is 0. The summed E-state index contributed by atoms with van der Waals surface area (Å²) in [5, 5.41) is 82.1. The predicted octanol–water partition coefficient (Wildman–Crippen LogP) is -3.53. The topological polar surface area (TPSA) is 590 Å². The number of carboxylic acid groups (broad SMARTS) is 9. The number of carbonyl (C=O) groups is 9. The summed E-state index contributed by atoms with van der Waals surface area (Å²) in [6, 6.07) is -6.35. The van der Waals surface area contributed by atoms with Crippen LogP contribution in [0.1, 0.15) is 98.8 Å². The minimum Gasteiger partial charge on any atom is -0.481 e. The Labute approximate surface area is 371 Å². The number of rotatable bonds is 24. The van der Waals surface area contributed by atoms with Crippen molar-refractivity contribution < 1.29 is 94.2 Å². The van der Waals surface area contributed by atoms with E-state index in [9.17, 15) is 43.2 Å². The van der Waals surface area contributed by atoms with Crippen LogP contribution < -0.4 is 51.6 Å². The lowest BCUT2D eigenvalue weighted by atomic mass is 10.0. The van der Waals surface area contributed by atoms with Gasteiger partial charge < -0.3 is 103 Å². The summed E-state index contributed by atoms with van der Waals surface area (Å²) in [7, 11) is 0. The Morgan fingerprint density at radius 1 is 0.438 bits per heavy atom. The van der Waals surface area contributed by atoms with Gasteiger partial charge in [0, 0.05) is 6.42 Å². The highest BCUT2D eigenvalue weighted by Crippen LogP contribution is 2.04. The van der Waals surface area contributed by atoms with Crippen LogP contribution in [0.5, 0.6) is 0 Å². The van der Waals surface area contributed by atoms with Crippen LogP contribution in [0.3, 0.4) is 0 Å². The first kappa shape index (κ1) is 73.2. The average Bonchev–Trinajstić information content (AvgIpc) is 3.18. The number of aliphatic hydroxyl groups is 1. The van der Waals surface area contributed by atoms with E-state index in [1.54, 1.807) is 0 Å². The van der Waals surface area contributed by atoms with Gasteiger partial charge in [0.2, 0.25) is 0 Å². The van der Waals surface area contributed by atoms with E-state index in [2.05, 4.69) is 0 Å². The average molecular weight is 940 g/mol. The Balaban J connectivity index is -0.000000119. The second-order valence-corrected chi connectivity index (χ2v) is 14.0. The van der Waals surface area contributed by atoms with E-state index in [1.807, 2.05) is 27.7 Å². The number of aliphatic carboxylic acids is 9. The van der Waals surface area contributed by atoms with E-state index >= 15 is 0 Å². The first-order chi connectivity index (χ1) is 29.1. The number of nitrogens with two attached hydrogens (primary N) is 9. The molecule has 0 spiro atoms. The first-order valence-corrected chi connectivity index (χ1v) is 19.5. The van der Waals surface area contributed by atoms with Crippen molar-refractivity contribution in [3.05, 3.63) is 0 Å². The largest absolute Gasteiger partial charge is 0.481 e. The monoisotopic (exact) mass is 940 g/mol. The van der Waals surface area contributed by atoms with Gasteiger partial charge in [0.1, 0.15) is 42.3 Å². The Morgan fingerprint density at radius 3 is 0.969 bits per heavy atom. The minimum atomic E-state index is -1.29. The molecule has 28 heteroatoms. The van der Waals surface area contributed by atoms with E-state index in [4.69, 9.17) is 103 Å². The lowest BCUT2D eigenvalue weighted by Gasteiger charge is -2.11. The van der Waals surface area contributed by atoms with Crippen LogP contribution in [-0.4, -0.2) is 166 Å². The zero-order valence-electron chi connectivity index (χ0n) is 37.1. The smallest absolute Gasteiger partial charge is 0.323 e. The van der Waals surface area contributed by atoms with Crippen molar-refractivity contribution in [1.82, 2.24) is 0 Å². The van der Waals surface area contributed by atoms with Gasteiger partial charge in [0.05, 0.1) is 12.5 Å². The molecule has 0 saturated heterocycles. The molecule has 0 amide bonds. The molecule has 0 rings (SSSR count). The molecule has 0 aromatic carbocycles. The number of hydrogen-bond donors (Lipinski definition) is 19. The Morgan fingerprint density at radius 2 is 0.781 bits per heavy atom. The summed E-state index contributed by atoms with van der Waals surface area (Å²) in [5.41, 5.74) is 45.9. The Kier molecular flexibility index (Phi) is 52.5. The van der Waals surface area contributed by atoms with Gasteiger partial charge >= 0.3 is 53.7 Å². The third-order valence-corrected chi connectivity index (χ3v) is 7.41. The van der Waals surface area contributed by atoms with Crippen LogP contribution in [0.25, 0.3) is 0 Å². The summed E-state index contributed by atoms with van der Waals surface area (Å²) in [4.78, 5) is 89.8. The van der Waals surface area contributed by atoms with Crippen LogP contribution in [0.2, 0.25) is 0 Å². The maximum absolute atomic E-state index is 10.2. The fourth-order valence-corrected chi connectivity index (χ4v) is 3.08. The van der Waals surface area contributed by atoms with Crippen molar-refractivity contribution in [3.63, 3.8) is 0 Å². The molecule has 0 aliphatic rings. The second kappa shape index (κ2) is 45.8. The fourth-order valence-electron chi connectivity index (χ4n) is 3.08. The molecule has 0 saturated carbocycles. The van der Waals surface area contributed by atoms with Crippen molar-refractivity contribution >= 4 is 53.7 Å². The maximum atomic E-state index is 10.2. The van der Waals surface area contributed by atoms with Gasteiger partial charge in [-0.25, -0.2) is 0 Å². The normalized spacial score (nSPS) is 14.1. The molecule has 0 aliphatic heterocycles. The molecule has 380 valence electrons. The molecule has 0 aromatic heterocycles. The van der Waals surface area contributed by atoms with E-state index in [0.717, 1.165) is 19.3 Å². The van der Waals surface area contributed by atoms with Gasteiger partial charge in [0.25, 0.3) is 0 Å². The maximum Gasteiger partial charge on any atom is 0.323 e. The molecule has 28 nitrogen and oxygen atoms in total. The third-order valence-electron chi connectivity index (χ3n) is 7.41. The van der Waals surface area contributed by atoms with E-state index in [-0.39, 0.29) is 18.8 Å². The quantitative estimate of drug-likeness (QED) is 0.0417. The van der Waals surface area contributed by atoms with Crippen molar-refractivity contribution in [3.8, 4) is 0 Å². The van der Waals surface area contributed by atoms with Gasteiger partial charge in [-0.05, 0) is 70.4 Å². The second-order valence-electron chi connectivity index (χ2n) is 14.0. The van der Waals surface area contributed by atoms with E-state index in [0.29, 0.717) is 44.7 Å². The van der Waals surface area contributed by atoms with Crippen molar-refractivity contribution in [2.24, 2.45) is 63.4 Å². The van der Waals surface area contributed by atoms with Crippen LogP contribution in [0.15, 0.2) is 0 Å².